The van der Waals surface area contributed by atoms with Gasteiger partial charge in [0.1, 0.15) is 11.6 Å². The number of rotatable bonds is 7. The molecule has 1 unspecified atom stereocenters. The Bertz CT molecular complexity index is 814. The van der Waals surface area contributed by atoms with Crippen LogP contribution in [0.5, 0.6) is 5.75 Å². The summed E-state index contributed by atoms with van der Waals surface area (Å²) in [6.07, 6.45) is 0. The van der Waals surface area contributed by atoms with E-state index in [9.17, 15) is 18.0 Å². The first-order valence-corrected chi connectivity index (χ1v) is 8.44. The van der Waals surface area contributed by atoms with Gasteiger partial charge in [-0.1, -0.05) is 6.07 Å². The average molecular weight is 380 g/mol. The van der Waals surface area contributed by atoms with E-state index in [1.807, 2.05) is 0 Å². The molecule has 0 radical (unpaired) electrons. The van der Waals surface area contributed by atoms with E-state index in [2.05, 4.69) is 0 Å². The summed E-state index contributed by atoms with van der Waals surface area (Å²) in [6, 6.07) is 7.27. The van der Waals surface area contributed by atoms with Crippen LogP contribution in [0.4, 0.5) is 13.2 Å². The second kappa shape index (κ2) is 8.90. The maximum atomic E-state index is 13.9. The molecule has 0 spiro atoms. The molecule has 7 heteroatoms. The molecule has 1 atom stereocenters. The van der Waals surface area contributed by atoms with Gasteiger partial charge in [-0.15, -0.1) is 0 Å². The zero-order valence-electron chi connectivity index (χ0n) is 15.8. The highest BCUT2D eigenvalue weighted by Crippen LogP contribution is 2.23. The van der Waals surface area contributed by atoms with E-state index in [1.165, 1.54) is 24.1 Å². The van der Waals surface area contributed by atoms with Crippen molar-refractivity contribution in [3.8, 4) is 5.75 Å². The molecule has 0 aromatic heterocycles. The molecule has 0 saturated heterocycles. The molecule has 0 N–H and O–H groups in total. The van der Waals surface area contributed by atoms with Crippen molar-refractivity contribution in [3.63, 3.8) is 0 Å². The molecule has 146 valence electrons. The van der Waals surface area contributed by atoms with Crippen molar-refractivity contribution in [2.45, 2.75) is 19.5 Å². The van der Waals surface area contributed by atoms with Gasteiger partial charge in [-0.25, -0.2) is 13.2 Å². The number of likely N-dealkylation sites (N-methyl/N-ethyl adjacent to an activating group) is 2. The summed E-state index contributed by atoms with van der Waals surface area (Å²) in [5.41, 5.74) is 0.807. The number of amides is 1. The number of carbonyl (C=O) groups is 1. The summed E-state index contributed by atoms with van der Waals surface area (Å²) in [5.74, 6) is -1.64. The highest BCUT2D eigenvalue weighted by molar-refractivity contribution is 5.78. The minimum atomic E-state index is -0.531. The molecule has 1 amide bonds. The summed E-state index contributed by atoms with van der Waals surface area (Å²) in [5, 5.41) is 0. The van der Waals surface area contributed by atoms with Crippen molar-refractivity contribution in [1.29, 1.82) is 0 Å². The zero-order valence-corrected chi connectivity index (χ0v) is 15.8. The SMILES string of the molecule is COc1ccc(CN(C)C(=O)CN(C)C(C)c2cc(F)ccc2F)cc1F. The van der Waals surface area contributed by atoms with E-state index in [0.717, 1.165) is 18.2 Å². The first-order chi connectivity index (χ1) is 12.7. The summed E-state index contributed by atoms with van der Waals surface area (Å²) in [7, 11) is 4.64. The Balaban J connectivity index is 2.00. The predicted molar refractivity (Wildman–Crippen MR) is 96.8 cm³/mol. The lowest BCUT2D eigenvalue weighted by atomic mass is 10.1. The van der Waals surface area contributed by atoms with E-state index in [0.29, 0.717) is 5.56 Å². The fourth-order valence-electron chi connectivity index (χ4n) is 2.71. The van der Waals surface area contributed by atoms with E-state index in [4.69, 9.17) is 4.74 Å². The minimum Gasteiger partial charge on any atom is -0.494 e. The number of halogens is 3. The van der Waals surface area contributed by atoms with Crippen molar-refractivity contribution < 1.29 is 22.7 Å². The lowest BCUT2D eigenvalue weighted by molar-refractivity contribution is -0.131. The van der Waals surface area contributed by atoms with Crippen LogP contribution in [-0.2, 0) is 11.3 Å². The van der Waals surface area contributed by atoms with Crippen molar-refractivity contribution in [1.82, 2.24) is 9.80 Å². The molecule has 0 aliphatic carbocycles. The molecule has 0 aliphatic rings. The van der Waals surface area contributed by atoms with E-state index in [1.54, 1.807) is 32.0 Å². The number of hydrogen-bond donors (Lipinski definition) is 0. The standard InChI is InChI=1S/C20H23F3N2O2/c1-13(16-10-15(21)6-7-17(16)22)24(2)12-20(26)25(3)11-14-5-8-19(27-4)18(23)9-14/h5-10,13H,11-12H2,1-4H3. The van der Waals surface area contributed by atoms with E-state index < -0.39 is 23.5 Å². The van der Waals surface area contributed by atoms with Crippen LogP contribution < -0.4 is 4.74 Å². The first-order valence-electron chi connectivity index (χ1n) is 8.44. The van der Waals surface area contributed by atoms with Crippen LogP contribution in [-0.4, -0.2) is 43.5 Å². The molecule has 27 heavy (non-hydrogen) atoms. The topological polar surface area (TPSA) is 32.8 Å². The Labute approximate surface area is 157 Å². The number of carbonyl (C=O) groups excluding carboxylic acids is 1. The molecular weight excluding hydrogens is 357 g/mol. The summed E-state index contributed by atoms with van der Waals surface area (Å²) in [6.45, 7) is 1.92. The van der Waals surface area contributed by atoms with Crippen molar-refractivity contribution in [3.05, 3.63) is 65.0 Å². The van der Waals surface area contributed by atoms with Crippen molar-refractivity contribution >= 4 is 5.91 Å². The van der Waals surface area contributed by atoms with Crippen LogP contribution in [0, 0.1) is 17.5 Å². The fraction of sp³-hybridized carbons (Fsp3) is 0.350. The van der Waals surface area contributed by atoms with Crippen LogP contribution in [0.2, 0.25) is 0 Å². The maximum absolute atomic E-state index is 13.9. The average Bonchev–Trinajstić information content (AvgIpc) is 2.63. The molecule has 2 aromatic carbocycles. The summed E-state index contributed by atoms with van der Waals surface area (Å²) >= 11 is 0. The number of nitrogens with zero attached hydrogens (tertiary/aromatic N) is 2. The van der Waals surface area contributed by atoms with Gasteiger partial charge in [-0.05, 0) is 49.9 Å². The molecule has 0 bridgehead atoms. The Morgan fingerprint density at radius 3 is 2.41 bits per heavy atom. The van der Waals surface area contributed by atoms with Gasteiger partial charge < -0.3 is 9.64 Å². The molecule has 0 saturated carbocycles. The highest BCUT2D eigenvalue weighted by atomic mass is 19.1. The summed E-state index contributed by atoms with van der Waals surface area (Å²) < 4.78 is 46.0. The van der Waals surface area contributed by atoms with Gasteiger partial charge in [0.15, 0.2) is 11.6 Å². The third-order valence-electron chi connectivity index (χ3n) is 4.52. The van der Waals surface area contributed by atoms with Crippen LogP contribution in [0.3, 0.4) is 0 Å². The second-order valence-corrected chi connectivity index (χ2v) is 6.48. The van der Waals surface area contributed by atoms with Crippen molar-refractivity contribution in [2.24, 2.45) is 0 Å². The van der Waals surface area contributed by atoms with Gasteiger partial charge in [0, 0.05) is 25.2 Å². The Morgan fingerprint density at radius 2 is 1.78 bits per heavy atom. The minimum absolute atomic E-state index is 0.00621. The van der Waals surface area contributed by atoms with Gasteiger partial charge in [0.2, 0.25) is 5.91 Å². The van der Waals surface area contributed by atoms with Gasteiger partial charge in [0.25, 0.3) is 0 Å². The smallest absolute Gasteiger partial charge is 0.236 e. The molecule has 0 aliphatic heterocycles. The molecule has 4 nitrogen and oxygen atoms in total. The lowest BCUT2D eigenvalue weighted by Crippen LogP contribution is -2.37. The first kappa shape index (κ1) is 20.8. The third-order valence-corrected chi connectivity index (χ3v) is 4.52. The normalized spacial score (nSPS) is 12.1. The molecule has 0 fully saturated rings. The van der Waals surface area contributed by atoms with Crippen LogP contribution in [0.15, 0.2) is 36.4 Å². The van der Waals surface area contributed by atoms with Crippen LogP contribution in [0.25, 0.3) is 0 Å². The lowest BCUT2D eigenvalue weighted by Gasteiger charge is -2.27. The van der Waals surface area contributed by atoms with Gasteiger partial charge >= 0.3 is 0 Å². The van der Waals surface area contributed by atoms with Crippen LogP contribution in [0.1, 0.15) is 24.1 Å². The monoisotopic (exact) mass is 380 g/mol. The molecule has 2 aromatic rings. The quantitative estimate of drug-likeness (QED) is 0.733. The number of methoxy groups -OCH3 is 1. The van der Waals surface area contributed by atoms with Crippen molar-refractivity contribution in [2.75, 3.05) is 27.7 Å². The Kier molecular flexibility index (Phi) is 6.85. The number of benzene rings is 2. The summed E-state index contributed by atoms with van der Waals surface area (Å²) in [4.78, 5) is 15.5. The largest absolute Gasteiger partial charge is 0.494 e. The Morgan fingerprint density at radius 1 is 1.07 bits per heavy atom. The maximum Gasteiger partial charge on any atom is 0.236 e. The molecule has 2 rings (SSSR count). The van der Waals surface area contributed by atoms with Gasteiger partial charge in [0.05, 0.1) is 13.7 Å². The van der Waals surface area contributed by atoms with E-state index >= 15 is 0 Å². The number of ether oxygens (including phenoxy) is 1. The van der Waals surface area contributed by atoms with Gasteiger partial charge in [-0.3, -0.25) is 9.69 Å². The van der Waals surface area contributed by atoms with E-state index in [-0.39, 0.29) is 30.3 Å². The third kappa shape index (κ3) is 5.23. The molecule has 0 heterocycles. The highest BCUT2D eigenvalue weighted by Gasteiger charge is 2.20. The predicted octanol–water partition coefficient (Wildman–Crippen LogP) is 3.76. The second-order valence-electron chi connectivity index (χ2n) is 6.48. The number of hydrogen-bond acceptors (Lipinski definition) is 3. The molecular formula is C20H23F3N2O2. The van der Waals surface area contributed by atoms with Gasteiger partial charge in [-0.2, -0.15) is 0 Å². The Hall–Kier alpha value is -2.54. The van der Waals surface area contributed by atoms with Crippen LogP contribution >= 0.6 is 0 Å². The fourth-order valence-corrected chi connectivity index (χ4v) is 2.71. The zero-order chi connectivity index (χ0) is 20.1.